The van der Waals surface area contributed by atoms with Gasteiger partial charge in [0.25, 0.3) is 0 Å². The molecule has 0 radical (unpaired) electrons. The summed E-state index contributed by atoms with van der Waals surface area (Å²) in [4.78, 5) is 12.2. The summed E-state index contributed by atoms with van der Waals surface area (Å²) >= 11 is 11.8. The van der Waals surface area contributed by atoms with Crippen molar-refractivity contribution >= 4 is 29.0 Å². The van der Waals surface area contributed by atoms with E-state index in [4.69, 9.17) is 27.9 Å². The first-order valence-corrected chi connectivity index (χ1v) is 7.07. The van der Waals surface area contributed by atoms with Gasteiger partial charge in [-0.25, -0.2) is 0 Å². The fraction of sp³-hybridized carbons (Fsp3) is 0.533. The molecule has 0 saturated heterocycles. The second-order valence-electron chi connectivity index (χ2n) is 5.81. The number of ether oxygens (including phenoxy) is 1. The van der Waals surface area contributed by atoms with E-state index in [1.54, 1.807) is 25.1 Å². The molecule has 4 heteroatoms. The summed E-state index contributed by atoms with van der Waals surface area (Å²) in [6.45, 7) is 8.72. The number of Topliss-reactive ketones (excluding diaryl/α,β-unsaturated/α-hetero) is 1. The van der Waals surface area contributed by atoms with E-state index in [1.807, 2.05) is 0 Å². The van der Waals surface area contributed by atoms with Crippen LogP contribution in [0.2, 0.25) is 10.0 Å². The summed E-state index contributed by atoms with van der Waals surface area (Å²) in [7, 11) is 0. The molecule has 0 fully saturated rings. The van der Waals surface area contributed by atoms with Gasteiger partial charge in [0.2, 0.25) is 0 Å². The van der Waals surface area contributed by atoms with E-state index >= 15 is 0 Å². The van der Waals surface area contributed by atoms with Gasteiger partial charge in [0.05, 0.1) is 5.02 Å². The minimum atomic E-state index is -0.499. The van der Waals surface area contributed by atoms with Crippen molar-refractivity contribution < 1.29 is 9.53 Å². The third kappa shape index (κ3) is 5.52. The van der Waals surface area contributed by atoms with Gasteiger partial charge < -0.3 is 4.74 Å². The lowest BCUT2D eigenvalue weighted by Crippen LogP contribution is -2.23. The largest absolute Gasteiger partial charge is 0.370 e. The summed E-state index contributed by atoms with van der Waals surface area (Å²) in [5.74, 6) is -0.115. The fourth-order valence-corrected chi connectivity index (χ4v) is 2.03. The molecule has 0 spiro atoms. The van der Waals surface area contributed by atoms with Gasteiger partial charge in [-0.05, 0) is 37.0 Å². The van der Waals surface area contributed by atoms with Gasteiger partial charge >= 0.3 is 0 Å². The molecule has 106 valence electrons. The molecule has 0 N–H and O–H groups in total. The standard InChI is InChI=1S/C15H20Cl2O2/c1-10(19-8-7-15(2,3)4)14(18)12-6-5-11(16)9-13(12)17/h5-6,9-10H,7-8H2,1-4H3. The van der Waals surface area contributed by atoms with Crippen LogP contribution in [0.5, 0.6) is 0 Å². The van der Waals surface area contributed by atoms with E-state index in [9.17, 15) is 4.79 Å². The highest BCUT2D eigenvalue weighted by Gasteiger charge is 2.19. The zero-order chi connectivity index (χ0) is 14.6. The molecule has 0 aliphatic heterocycles. The van der Waals surface area contributed by atoms with Crippen LogP contribution in [-0.2, 0) is 4.74 Å². The van der Waals surface area contributed by atoms with Crippen molar-refractivity contribution in [1.29, 1.82) is 0 Å². The number of ketones is 1. The fourth-order valence-electron chi connectivity index (χ4n) is 1.53. The van der Waals surface area contributed by atoms with E-state index < -0.39 is 6.10 Å². The van der Waals surface area contributed by atoms with Crippen molar-refractivity contribution in [1.82, 2.24) is 0 Å². The number of hydrogen-bond acceptors (Lipinski definition) is 2. The molecule has 2 nitrogen and oxygen atoms in total. The Morgan fingerprint density at radius 2 is 1.95 bits per heavy atom. The average Bonchev–Trinajstić information content (AvgIpc) is 2.26. The molecule has 0 aliphatic rings. The maximum absolute atomic E-state index is 12.2. The predicted octanol–water partition coefficient (Wildman–Crippen LogP) is 5.02. The Hall–Kier alpha value is -0.570. The minimum Gasteiger partial charge on any atom is -0.370 e. The van der Waals surface area contributed by atoms with Crippen molar-refractivity contribution in [3.63, 3.8) is 0 Å². The smallest absolute Gasteiger partial charge is 0.192 e. The summed E-state index contributed by atoms with van der Waals surface area (Å²) in [5, 5.41) is 0.881. The molecule has 19 heavy (non-hydrogen) atoms. The second kappa shape index (κ2) is 6.74. The Labute approximate surface area is 125 Å². The van der Waals surface area contributed by atoms with Gasteiger partial charge in [-0.1, -0.05) is 44.0 Å². The quantitative estimate of drug-likeness (QED) is 0.714. The summed E-state index contributed by atoms with van der Waals surface area (Å²) in [6, 6.07) is 4.86. The van der Waals surface area contributed by atoms with E-state index in [-0.39, 0.29) is 11.2 Å². The Bertz CT molecular complexity index is 450. The summed E-state index contributed by atoms with van der Waals surface area (Å²) < 4.78 is 5.58. The highest BCUT2D eigenvalue weighted by atomic mass is 35.5. The van der Waals surface area contributed by atoms with Gasteiger partial charge in [0.15, 0.2) is 5.78 Å². The molecular formula is C15H20Cl2O2. The zero-order valence-electron chi connectivity index (χ0n) is 11.8. The van der Waals surface area contributed by atoms with Crippen molar-refractivity contribution in [2.45, 2.75) is 40.2 Å². The maximum atomic E-state index is 12.2. The van der Waals surface area contributed by atoms with E-state index in [0.717, 1.165) is 6.42 Å². The summed E-state index contributed by atoms with van der Waals surface area (Å²) in [6.07, 6.45) is 0.403. The van der Waals surface area contributed by atoms with Gasteiger partial charge in [0.1, 0.15) is 6.10 Å². The van der Waals surface area contributed by atoms with Crippen molar-refractivity contribution in [2.75, 3.05) is 6.61 Å². The molecule has 0 aromatic heterocycles. The maximum Gasteiger partial charge on any atom is 0.192 e. The van der Waals surface area contributed by atoms with Crippen LogP contribution in [0.3, 0.4) is 0 Å². The lowest BCUT2D eigenvalue weighted by Gasteiger charge is -2.20. The van der Waals surface area contributed by atoms with Crippen LogP contribution in [0.25, 0.3) is 0 Å². The number of hydrogen-bond donors (Lipinski definition) is 0. The number of carbonyl (C=O) groups is 1. The van der Waals surface area contributed by atoms with Crippen LogP contribution in [0.15, 0.2) is 18.2 Å². The van der Waals surface area contributed by atoms with E-state index in [1.165, 1.54) is 0 Å². The highest BCUT2D eigenvalue weighted by Crippen LogP contribution is 2.23. The van der Waals surface area contributed by atoms with Crippen LogP contribution < -0.4 is 0 Å². The topological polar surface area (TPSA) is 26.3 Å². The van der Waals surface area contributed by atoms with Crippen molar-refractivity contribution in [3.8, 4) is 0 Å². The third-order valence-electron chi connectivity index (χ3n) is 2.79. The molecule has 1 rings (SSSR count). The minimum absolute atomic E-state index is 0.115. The van der Waals surface area contributed by atoms with Gasteiger partial charge in [-0.3, -0.25) is 4.79 Å². The SMILES string of the molecule is CC(OCCC(C)(C)C)C(=O)c1ccc(Cl)cc1Cl. The third-order valence-corrected chi connectivity index (χ3v) is 3.33. The molecule has 1 atom stereocenters. The monoisotopic (exact) mass is 302 g/mol. The number of carbonyl (C=O) groups excluding carboxylic acids is 1. The molecule has 0 saturated carbocycles. The normalized spacial score (nSPS) is 13.4. The first-order chi connectivity index (χ1) is 8.70. The first-order valence-electron chi connectivity index (χ1n) is 6.31. The van der Waals surface area contributed by atoms with Crippen LogP contribution in [0.4, 0.5) is 0 Å². The second-order valence-corrected chi connectivity index (χ2v) is 6.66. The van der Waals surface area contributed by atoms with Crippen LogP contribution >= 0.6 is 23.2 Å². The molecule has 0 heterocycles. The van der Waals surface area contributed by atoms with Gasteiger partial charge in [0, 0.05) is 17.2 Å². The van der Waals surface area contributed by atoms with E-state index in [2.05, 4.69) is 20.8 Å². The molecule has 0 amide bonds. The lowest BCUT2D eigenvalue weighted by atomic mass is 9.93. The van der Waals surface area contributed by atoms with Crippen LogP contribution in [0.1, 0.15) is 44.5 Å². The predicted molar refractivity (Wildman–Crippen MR) is 80.3 cm³/mol. The molecule has 1 aromatic carbocycles. The molecular weight excluding hydrogens is 283 g/mol. The zero-order valence-corrected chi connectivity index (χ0v) is 13.3. The Morgan fingerprint density at radius 3 is 2.47 bits per heavy atom. The van der Waals surface area contributed by atoms with Gasteiger partial charge in [-0.15, -0.1) is 0 Å². The molecule has 0 aliphatic carbocycles. The van der Waals surface area contributed by atoms with Gasteiger partial charge in [-0.2, -0.15) is 0 Å². The van der Waals surface area contributed by atoms with E-state index in [0.29, 0.717) is 22.2 Å². The van der Waals surface area contributed by atoms with Crippen LogP contribution in [0, 0.1) is 5.41 Å². The highest BCUT2D eigenvalue weighted by molar-refractivity contribution is 6.37. The molecule has 0 bridgehead atoms. The molecule has 1 unspecified atom stereocenters. The molecule has 1 aromatic rings. The number of rotatable bonds is 5. The number of benzene rings is 1. The van der Waals surface area contributed by atoms with Crippen molar-refractivity contribution in [3.05, 3.63) is 33.8 Å². The first kappa shape index (κ1) is 16.5. The average molecular weight is 303 g/mol. The Kier molecular flexibility index (Phi) is 5.84. The number of halogens is 2. The van der Waals surface area contributed by atoms with Crippen LogP contribution in [-0.4, -0.2) is 18.5 Å². The lowest BCUT2D eigenvalue weighted by molar-refractivity contribution is 0.0394. The Balaban J connectivity index is 2.62. The summed E-state index contributed by atoms with van der Waals surface area (Å²) in [5.41, 5.74) is 0.648. The van der Waals surface area contributed by atoms with Crippen molar-refractivity contribution in [2.24, 2.45) is 5.41 Å². The Morgan fingerprint density at radius 1 is 1.32 bits per heavy atom.